The molecule has 92 valence electrons. The van der Waals surface area contributed by atoms with E-state index in [9.17, 15) is 17.2 Å². The molecular formula is C7H11F2N3O2S2. The van der Waals surface area contributed by atoms with Gasteiger partial charge in [-0.3, -0.25) is 0 Å². The molecule has 0 amide bonds. The third-order valence-corrected chi connectivity index (χ3v) is 4.53. The molecule has 16 heavy (non-hydrogen) atoms. The Kier molecular flexibility index (Phi) is 4.03. The molecule has 1 rings (SSSR count). The first kappa shape index (κ1) is 13.1. The zero-order valence-electron chi connectivity index (χ0n) is 8.41. The standard InChI is InChI=1S/C7H11F2N3O2S2/c1-2-16(13,14)5-6(10)12-15-7(5)11-3-4(8)9/h4,11H,2-3H2,1H3,(H2,10,12). The summed E-state index contributed by atoms with van der Waals surface area (Å²) >= 11 is 0.762. The third-order valence-electron chi connectivity index (χ3n) is 1.78. The van der Waals surface area contributed by atoms with Gasteiger partial charge in [0.1, 0.15) is 9.90 Å². The van der Waals surface area contributed by atoms with Crippen LogP contribution in [0.1, 0.15) is 6.92 Å². The van der Waals surface area contributed by atoms with Crippen LogP contribution in [0.2, 0.25) is 0 Å². The number of sulfone groups is 1. The molecule has 1 heterocycles. The first-order chi connectivity index (χ1) is 7.38. The number of nitrogen functional groups attached to an aromatic ring is 1. The van der Waals surface area contributed by atoms with Gasteiger partial charge in [0.15, 0.2) is 15.7 Å². The summed E-state index contributed by atoms with van der Waals surface area (Å²) in [6, 6.07) is 0. The van der Waals surface area contributed by atoms with Gasteiger partial charge >= 0.3 is 0 Å². The van der Waals surface area contributed by atoms with Gasteiger partial charge in [0.05, 0.1) is 12.3 Å². The molecule has 5 nitrogen and oxygen atoms in total. The summed E-state index contributed by atoms with van der Waals surface area (Å²) in [5, 5.41) is 2.39. The first-order valence-electron chi connectivity index (χ1n) is 4.38. The minimum Gasteiger partial charge on any atom is -0.382 e. The number of halogens is 2. The Morgan fingerprint density at radius 3 is 2.69 bits per heavy atom. The number of rotatable bonds is 5. The van der Waals surface area contributed by atoms with Crippen LogP contribution >= 0.6 is 11.5 Å². The summed E-state index contributed by atoms with van der Waals surface area (Å²) in [5.74, 6) is -0.303. The van der Waals surface area contributed by atoms with Crippen molar-refractivity contribution in [3.8, 4) is 0 Å². The Hall–Kier alpha value is -0.960. The van der Waals surface area contributed by atoms with Crippen molar-refractivity contribution in [2.24, 2.45) is 0 Å². The summed E-state index contributed by atoms with van der Waals surface area (Å²) in [6.45, 7) is 0.817. The second-order valence-electron chi connectivity index (χ2n) is 2.90. The van der Waals surface area contributed by atoms with Crippen LogP contribution in [0.3, 0.4) is 0 Å². The first-order valence-corrected chi connectivity index (χ1v) is 6.81. The van der Waals surface area contributed by atoms with Gasteiger partial charge in [-0.1, -0.05) is 6.92 Å². The van der Waals surface area contributed by atoms with Crippen LogP contribution in [0.4, 0.5) is 19.6 Å². The van der Waals surface area contributed by atoms with Gasteiger partial charge < -0.3 is 11.1 Å². The van der Waals surface area contributed by atoms with E-state index in [1.165, 1.54) is 6.92 Å². The van der Waals surface area contributed by atoms with Crippen LogP contribution in [0.15, 0.2) is 4.90 Å². The zero-order chi connectivity index (χ0) is 12.3. The molecule has 0 radical (unpaired) electrons. The largest absolute Gasteiger partial charge is 0.382 e. The van der Waals surface area contributed by atoms with Crippen LogP contribution in [-0.2, 0) is 9.84 Å². The second kappa shape index (κ2) is 4.91. The van der Waals surface area contributed by atoms with Crippen molar-refractivity contribution in [2.75, 3.05) is 23.3 Å². The monoisotopic (exact) mass is 271 g/mol. The number of hydrogen-bond donors (Lipinski definition) is 2. The summed E-state index contributed by atoms with van der Waals surface area (Å²) in [4.78, 5) is -0.180. The van der Waals surface area contributed by atoms with Gasteiger partial charge in [-0.2, -0.15) is 4.37 Å². The molecule has 0 bridgehead atoms. The maximum absolute atomic E-state index is 12.0. The van der Waals surface area contributed by atoms with Gasteiger partial charge in [-0.05, 0) is 11.5 Å². The summed E-state index contributed by atoms with van der Waals surface area (Å²) in [5.41, 5.74) is 5.40. The molecule has 1 aromatic heterocycles. The van der Waals surface area contributed by atoms with Crippen molar-refractivity contribution >= 4 is 32.2 Å². The van der Waals surface area contributed by atoms with Crippen molar-refractivity contribution in [1.82, 2.24) is 4.37 Å². The molecule has 0 aromatic carbocycles. The molecule has 0 fully saturated rings. The number of hydrogen-bond acceptors (Lipinski definition) is 6. The summed E-state index contributed by atoms with van der Waals surface area (Å²) in [6.07, 6.45) is -2.57. The SMILES string of the molecule is CCS(=O)(=O)c1c(N)nsc1NCC(F)F. The van der Waals surface area contributed by atoms with Crippen LogP contribution in [0.5, 0.6) is 0 Å². The highest BCUT2D eigenvalue weighted by atomic mass is 32.2. The van der Waals surface area contributed by atoms with E-state index < -0.39 is 22.8 Å². The lowest BCUT2D eigenvalue weighted by Gasteiger charge is -2.05. The quantitative estimate of drug-likeness (QED) is 0.840. The fourth-order valence-corrected chi connectivity index (χ4v) is 3.20. The Morgan fingerprint density at radius 2 is 2.19 bits per heavy atom. The average Bonchev–Trinajstić information content (AvgIpc) is 2.57. The molecule has 0 spiro atoms. The molecule has 0 aliphatic carbocycles. The lowest BCUT2D eigenvalue weighted by Crippen LogP contribution is -2.13. The molecule has 0 saturated heterocycles. The number of nitrogens with zero attached hydrogens (tertiary/aromatic N) is 1. The lowest BCUT2D eigenvalue weighted by atomic mass is 10.6. The van der Waals surface area contributed by atoms with Crippen molar-refractivity contribution in [3.63, 3.8) is 0 Å². The number of anilines is 2. The fourth-order valence-electron chi connectivity index (χ4n) is 1.02. The van der Waals surface area contributed by atoms with Crippen LogP contribution in [0, 0.1) is 0 Å². The molecule has 3 N–H and O–H groups in total. The molecule has 0 atom stereocenters. The topological polar surface area (TPSA) is 85.1 Å². The van der Waals surface area contributed by atoms with Crippen molar-refractivity contribution < 1.29 is 17.2 Å². The number of alkyl halides is 2. The van der Waals surface area contributed by atoms with Crippen molar-refractivity contribution in [2.45, 2.75) is 18.2 Å². The molecular weight excluding hydrogens is 260 g/mol. The van der Waals surface area contributed by atoms with Gasteiger partial charge in [0.2, 0.25) is 0 Å². The molecule has 9 heteroatoms. The Bertz CT molecular complexity index is 458. The molecule has 0 unspecified atom stereocenters. The molecule has 0 aliphatic rings. The van der Waals surface area contributed by atoms with E-state index in [0.29, 0.717) is 0 Å². The Labute approximate surface area is 95.7 Å². The van der Waals surface area contributed by atoms with Gasteiger partial charge in [-0.25, -0.2) is 17.2 Å². The second-order valence-corrected chi connectivity index (χ2v) is 5.89. The minimum atomic E-state index is -3.55. The maximum Gasteiger partial charge on any atom is 0.255 e. The predicted octanol–water partition coefficient (Wildman–Crippen LogP) is 1.20. The van der Waals surface area contributed by atoms with E-state index in [2.05, 4.69) is 9.69 Å². The number of aromatic nitrogens is 1. The maximum atomic E-state index is 12.0. The van der Waals surface area contributed by atoms with Gasteiger partial charge in [0.25, 0.3) is 6.43 Å². The number of nitrogens with two attached hydrogens (primary N) is 1. The smallest absolute Gasteiger partial charge is 0.255 e. The van der Waals surface area contributed by atoms with Crippen molar-refractivity contribution in [3.05, 3.63) is 0 Å². The molecule has 1 aromatic rings. The van der Waals surface area contributed by atoms with Crippen LogP contribution in [-0.4, -0.2) is 31.5 Å². The molecule has 0 aliphatic heterocycles. The van der Waals surface area contributed by atoms with Gasteiger partial charge in [-0.15, -0.1) is 0 Å². The summed E-state index contributed by atoms with van der Waals surface area (Å²) < 4.78 is 50.8. The fraction of sp³-hybridized carbons (Fsp3) is 0.571. The summed E-state index contributed by atoms with van der Waals surface area (Å²) in [7, 11) is -3.55. The Balaban J connectivity index is 3.04. The van der Waals surface area contributed by atoms with E-state index in [1.807, 2.05) is 0 Å². The van der Waals surface area contributed by atoms with E-state index >= 15 is 0 Å². The lowest BCUT2D eigenvalue weighted by molar-refractivity contribution is 0.163. The van der Waals surface area contributed by atoms with E-state index in [4.69, 9.17) is 5.73 Å². The van der Waals surface area contributed by atoms with E-state index in [-0.39, 0.29) is 21.5 Å². The highest BCUT2D eigenvalue weighted by Crippen LogP contribution is 2.32. The number of nitrogens with one attached hydrogen (secondary N) is 1. The average molecular weight is 271 g/mol. The van der Waals surface area contributed by atoms with E-state index in [0.717, 1.165) is 11.5 Å². The van der Waals surface area contributed by atoms with Gasteiger partial charge in [0, 0.05) is 0 Å². The normalized spacial score (nSPS) is 12.0. The molecule has 0 saturated carbocycles. The zero-order valence-corrected chi connectivity index (χ0v) is 10.0. The highest BCUT2D eigenvalue weighted by molar-refractivity contribution is 7.91. The third kappa shape index (κ3) is 2.79. The van der Waals surface area contributed by atoms with Crippen LogP contribution < -0.4 is 11.1 Å². The predicted molar refractivity (Wildman–Crippen MR) is 58.7 cm³/mol. The minimum absolute atomic E-state index is 0.0691. The van der Waals surface area contributed by atoms with Crippen molar-refractivity contribution in [1.29, 1.82) is 0 Å². The van der Waals surface area contributed by atoms with Crippen LogP contribution in [0.25, 0.3) is 0 Å². The Morgan fingerprint density at radius 1 is 1.56 bits per heavy atom. The highest BCUT2D eigenvalue weighted by Gasteiger charge is 2.24. The van der Waals surface area contributed by atoms with E-state index in [1.54, 1.807) is 0 Å².